The Labute approximate surface area is 135 Å². The van der Waals surface area contributed by atoms with Gasteiger partial charge in [-0.05, 0) is 50.2 Å². The molecule has 0 bridgehead atoms. The van der Waals surface area contributed by atoms with Gasteiger partial charge in [-0.25, -0.2) is 0 Å². The summed E-state index contributed by atoms with van der Waals surface area (Å²) < 4.78 is 0.155. The molecule has 0 spiro atoms. The van der Waals surface area contributed by atoms with E-state index in [1.165, 1.54) is 0 Å². The summed E-state index contributed by atoms with van der Waals surface area (Å²) in [7, 11) is 0. The van der Waals surface area contributed by atoms with Crippen LogP contribution in [0.3, 0.4) is 0 Å². The van der Waals surface area contributed by atoms with Gasteiger partial charge in [0.1, 0.15) is 0 Å². The Kier molecular flexibility index (Phi) is 12.8. The van der Waals surface area contributed by atoms with E-state index in [2.05, 4.69) is 70.1 Å². The average Bonchev–Trinajstić information content (AvgIpc) is 2.30. The third-order valence-electron chi connectivity index (χ3n) is 3.03. The normalized spacial score (nSPS) is 17.1. The maximum atomic E-state index is 4.68. The third kappa shape index (κ3) is 10.2. The summed E-state index contributed by atoms with van der Waals surface area (Å²) in [6, 6.07) is 0. The zero-order valence-corrected chi connectivity index (χ0v) is 15.0. The van der Waals surface area contributed by atoms with Crippen molar-refractivity contribution in [2.45, 2.75) is 60.5 Å². The maximum Gasteiger partial charge on any atom is 0.0470 e. The molecule has 0 saturated carbocycles. The van der Waals surface area contributed by atoms with Crippen LogP contribution in [0.2, 0.25) is 0 Å². The van der Waals surface area contributed by atoms with E-state index in [1.54, 1.807) is 0 Å². The molecule has 17 heavy (non-hydrogen) atoms. The van der Waals surface area contributed by atoms with Crippen molar-refractivity contribution in [3.63, 3.8) is 0 Å². The van der Waals surface area contributed by atoms with Crippen molar-refractivity contribution in [2.24, 2.45) is 5.92 Å². The molecule has 0 saturated heterocycles. The van der Waals surface area contributed by atoms with E-state index in [0.29, 0.717) is 16.4 Å². The highest BCUT2D eigenvalue weighted by molar-refractivity contribution is 7.99. The van der Waals surface area contributed by atoms with Crippen molar-refractivity contribution in [1.82, 2.24) is 0 Å². The molecule has 0 aliphatic rings. The summed E-state index contributed by atoms with van der Waals surface area (Å²) in [6.45, 7) is 2.18. The molecule has 0 fully saturated rings. The fourth-order valence-corrected chi connectivity index (χ4v) is 3.09. The number of thiol groups is 5. The predicted octanol–water partition coefficient (Wildman–Crippen LogP) is 4.68. The highest BCUT2D eigenvalue weighted by Gasteiger charge is 2.18. The monoisotopic (exact) mass is 330 g/mol. The van der Waals surface area contributed by atoms with Crippen molar-refractivity contribution in [2.75, 3.05) is 5.75 Å². The first-order valence-electron chi connectivity index (χ1n) is 6.34. The van der Waals surface area contributed by atoms with Gasteiger partial charge in [-0.1, -0.05) is 6.92 Å². The molecule has 0 aromatic carbocycles. The molecule has 3 unspecified atom stereocenters. The molecule has 3 atom stereocenters. The molecule has 0 nitrogen and oxygen atoms in total. The van der Waals surface area contributed by atoms with Crippen LogP contribution in [0.1, 0.15) is 45.4 Å². The number of hydrogen-bond acceptors (Lipinski definition) is 5. The standard InChI is InChI=1S/C12H26S5/c1-2-10(14)5-6-11(15)8-9(12(16)17)4-3-7-13/h9-17H,2-8H2,1H3. The van der Waals surface area contributed by atoms with Crippen LogP contribution in [0.4, 0.5) is 0 Å². The van der Waals surface area contributed by atoms with E-state index in [0.717, 1.165) is 44.3 Å². The predicted molar refractivity (Wildman–Crippen MR) is 98.0 cm³/mol. The van der Waals surface area contributed by atoms with E-state index in [1.807, 2.05) is 0 Å². The van der Waals surface area contributed by atoms with E-state index >= 15 is 0 Å². The highest BCUT2D eigenvalue weighted by atomic mass is 32.2. The Morgan fingerprint density at radius 3 is 1.94 bits per heavy atom. The average molecular weight is 331 g/mol. The van der Waals surface area contributed by atoms with Gasteiger partial charge in [0.05, 0.1) is 0 Å². The summed E-state index contributed by atoms with van der Waals surface area (Å²) >= 11 is 22.4. The van der Waals surface area contributed by atoms with Crippen LogP contribution in [-0.2, 0) is 0 Å². The van der Waals surface area contributed by atoms with Crippen molar-refractivity contribution in [3.8, 4) is 0 Å². The van der Waals surface area contributed by atoms with E-state index in [9.17, 15) is 0 Å². The molecule has 104 valence electrons. The molecule has 0 N–H and O–H groups in total. The Hall–Kier alpha value is 1.75. The zero-order chi connectivity index (χ0) is 13.3. The fraction of sp³-hybridized carbons (Fsp3) is 1.00. The summed E-state index contributed by atoms with van der Waals surface area (Å²) in [6.07, 6.45) is 6.80. The maximum absolute atomic E-state index is 4.68. The van der Waals surface area contributed by atoms with Gasteiger partial charge >= 0.3 is 0 Å². The fourth-order valence-electron chi connectivity index (χ4n) is 1.80. The SMILES string of the molecule is CCC(S)CCC(S)CC(CCCS)C(S)S. The lowest BCUT2D eigenvalue weighted by molar-refractivity contribution is 0.461. The van der Waals surface area contributed by atoms with Crippen molar-refractivity contribution in [3.05, 3.63) is 0 Å². The van der Waals surface area contributed by atoms with Crippen molar-refractivity contribution < 1.29 is 0 Å². The minimum atomic E-state index is 0.155. The molecule has 0 radical (unpaired) electrons. The first kappa shape index (κ1) is 18.8. The molecule has 0 aliphatic carbocycles. The number of rotatable bonds is 10. The van der Waals surface area contributed by atoms with Crippen LogP contribution < -0.4 is 0 Å². The Bertz CT molecular complexity index is 174. The first-order valence-corrected chi connectivity index (χ1v) is 9.04. The molecule has 0 heterocycles. The lowest BCUT2D eigenvalue weighted by atomic mass is 9.97. The second-order valence-corrected chi connectivity index (χ2v) is 8.00. The summed E-state index contributed by atoms with van der Waals surface area (Å²) in [4.78, 5) is 0. The smallest absolute Gasteiger partial charge is 0.0470 e. The Morgan fingerprint density at radius 2 is 1.47 bits per heavy atom. The minimum Gasteiger partial charge on any atom is -0.179 e. The van der Waals surface area contributed by atoms with Crippen LogP contribution in [0.5, 0.6) is 0 Å². The molecule has 0 aliphatic heterocycles. The number of hydrogen-bond donors (Lipinski definition) is 5. The quantitative estimate of drug-likeness (QED) is 0.279. The molecule has 0 aromatic rings. The molecular formula is C12H26S5. The third-order valence-corrected chi connectivity index (χ3v) is 5.29. The van der Waals surface area contributed by atoms with Crippen LogP contribution in [0.25, 0.3) is 0 Å². The van der Waals surface area contributed by atoms with E-state index in [4.69, 9.17) is 0 Å². The van der Waals surface area contributed by atoms with Gasteiger partial charge in [-0.15, -0.1) is 0 Å². The van der Waals surface area contributed by atoms with Gasteiger partial charge < -0.3 is 0 Å². The van der Waals surface area contributed by atoms with Crippen LogP contribution >= 0.6 is 63.1 Å². The van der Waals surface area contributed by atoms with Gasteiger partial charge in [-0.2, -0.15) is 63.1 Å². The van der Waals surface area contributed by atoms with Crippen LogP contribution in [0.15, 0.2) is 0 Å². The second kappa shape index (κ2) is 11.6. The second-order valence-electron chi connectivity index (χ2n) is 4.57. The summed E-state index contributed by atoms with van der Waals surface area (Å²) in [5.41, 5.74) is 0. The van der Waals surface area contributed by atoms with Gasteiger partial charge in [0.15, 0.2) is 0 Å². The van der Waals surface area contributed by atoms with Gasteiger partial charge in [0, 0.05) is 15.1 Å². The zero-order valence-electron chi connectivity index (χ0n) is 10.5. The van der Waals surface area contributed by atoms with Gasteiger partial charge in [-0.3, -0.25) is 0 Å². The van der Waals surface area contributed by atoms with Gasteiger partial charge in [0.25, 0.3) is 0 Å². The van der Waals surface area contributed by atoms with Crippen LogP contribution in [-0.4, -0.2) is 20.8 Å². The molecular weight excluding hydrogens is 304 g/mol. The Morgan fingerprint density at radius 1 is 0.882 bits per heavy atom. The van der Waals surface area contributed by atoms with Crippen molar-refractivity contribution >= 4 is 63.1 Å². The largest absolute Gasteiger partial charge is 0.179 e. The van der Waals surface area contributed by atoms with Crippen molar-refractivity contribution in [1.29, 1.82) is 0 Å². The first-order chi connectivity index (χ1) is 8.01. The molecule has 0 rings (SSSR count). The molecule has 5 heteroatoms. The molecule has 0 amide bonds. The van der Waals surface area contributed by atoms with Crippen LogP contribution in [0, 0.1) is 5.92 Å². The summed E-state index contributed by atoms with van der Waals surface area (Å²) in [5, 5.41) is 0.964. The minimum absolute atomic E-state index is 0.155. The summed E-state index contributed by atoms with van der Waals surface area (Å²) in [5.74, 6) is 1.48. The topological polar surface area (TPSA) is 0 Å². The lowest BCUT2D eigenvalue weighted by Crippen LogP contribution is -2.16. The molecule has 0 aromatic heterocycles. The van der Waals surface area contributed by atoms with Gasteiger partial charge in [0.2, 0.25) is 0 Å². The highest BCUT2D eigenvalue weighted by Crippen LogP contribution is 2.28. The van der Waals surface area contributed by atoms with E-state index in [-0.39, 0.29) is 4.58 Å². The lowest BCUT2D eigenvalue weighted by Gasteiger charge is -2.23. The van der Waals surface area contributed by atoms with E-state index < -0.39 is 0 Å². The Balaban J connectivity index is 3.90.